The van der Waals surface area contributed by atoms with Crippen molar-refractivity contribution in [3.05, 3.63) is 65.2 Å². The van der Waals surface area contributed by atoms with Crippen LogP contribution < -0.4 is 4.90 Å². The predicted molar refractivity (Wildman–Crippen MR) is 81.5 cm³/mol. The van der Waals surface area contributed by atoms with Gasteiger partial charge in [0.2, 0.25) is 0 Å². The van der Waals surface area contributed by atoms with E-state index in [9.17, 15) is 4.79 Å². The van der Waals surface area contributed by atoms with Gasteiger partial charge in [0.1, 0.15) is 0 Å². The molecule has 2 heteroatoms. The Bertz CT molecular complexity index is 582. The van der Waals surface area contributed by atoms with Crippen LogP contribution in [0.25, 0.3) is 12.2 Å². The lowest BCUT2D eigenvalue weighted by Gasteiger charge is -2.11. The average molecular weight is 251 g/mol. The lowest BCUT2D eigenvalue weighted by molar-refractivity contribution is 0.112. The molecular formula is C17H17NO. The SMILES string of the molecule is CN(C)c1ccc(/C=C/c2ccccc2C=O)cc1. The number of aldehydes is 1. The van der Waals surface area contributed by atoms with Gasteiger partial charge in [-0.25, -0.2) is 0 Å². The number of anilines is 1. The monoisotopic (exact) mass is 251 g/mol. The van der Waals surface area contributed by atoms with E-state index in [0.717, 1.165) is 17.4 Å². The lowest BCUT2D eigenvalue weighted by atomic mass is 10.1. The molecule has 0 spiro atoms. The van der Waals surface area contributed by atoms with Gasteiger partial charge in [-0.05, 0) is 23.3 Å². The maximum Gasteiger partial charge on any atom is 0.150 e. The van der Waals surface area contributed by atoms with Crippen molar-refractivity contribution in [3.8, 4) is 0 Å². The maximum atomic E-state index is 10.9. The van der Waals surface area contributed by atoms with Crippen molar-refractivity contribution < 1.29 is 4.79 Å². The van der Waals surface area contributed by atoms with Crippen LogP contribution in [0, 0.1) is 0 Å². The lowest BCUT2D eigenvalue weighted by Crippen LogP contribution is -2.07. The zero-order valence-electron chi connectivity index (χ0n) is 11.2. The minimum Gasteiger partial charge on any atom is -0.378 e. The Labute approximate surface area is 114 Å². The molecule has 0 aliphatic rings. The van der Waals surface area contributed by atoms with Crippen molar-refractivity contribution in [2.45, 2.75) is 0 Å². The van der Waals surface area contributed by atoms with E-state index in [1.54, 1.807) is 0 Å². The standard InChI is InChI=1S/C17H17NO/c1-18(2)17-11-8-14(9-12-17)7-10-15-5-3-4-6-16(15)13-19/h3-13H,1-2H3/b10-7+. The van der Waals surface area contributed by atoms with Crippen molar-refractivity contribution >= 4 is 24.1 Å². The third-order valence-corrected chi connectivity index (χ3v) is 2.99. The van der Waals surface area contributed by atoms with E-state index in [1.807, 2.05) is 50.5 Å². The molecule has 0 saturated carbocycles. The minimum atomic E-state index is 0.712. The Morgan fingerprint density at radius 1 is 0.842 bits per heavy atom. The second kappa shape index (κ2) is 6.01. The van der Waals surface area contributed by atoms with Gasteiger partial charge in [0.05, 0.1) is 0 Å². The maximum absolute atomic E-state index is 10.9. The number of nitrogens with zero attached hydrogens (tertiary/aromatic N) is 1. The summed E-state index contributed by atoms with van der Waals surface area (Å²) in [6, 6.07) is 15.8. The summed E-state index contributed by atoms with van der Waals surface area (Å²) in [5.41, 5.74) is 3.94. The second-order valence-electron chi connectivity index (χ2n) is 4.57. The largest absolute Gasteiger partial charge is 0.378 e. The van der Waals surface area contributed by atoms with E-state index in [1.165, 1.54) is 5.69 Å². The molecule has 0 fully saturated rings. The van der Waals surface area contributed by atoms with E-state index >= 15 is 0 Å². The van der Waals surface area contributed by atoms with Crippen LogP contribution >= 0.6 is 0 Å². The molecule has 0 bridgehead atoms. The van der Waals surface area contributed by atoms with E-state index in [-0.39, 0.29) is 0 Å². The van der Waals surface area contributed by atoms with Crippen LogP contribution in [0.1, 0.15) is 21.5 Å². The first-order valence-electron chi connectivity index (χ1n) is 6.20. The molecular weight excluding hydrogens is 234 g/mol. The predicted octanol–water partition coefficient (Wildman–Crippen LogP) is 3.74. The highest BCUT2D eigenvalue weighted by atomic mass is 16.1. The molecule has 2 nitrogen and oxygen atoms in total. The second-order valence-corrected chi connectivity index (χ2v) is 4.57. The number of carbonyl (C=O) groups is 1. The van der Waals surface area contributed by atoms with Crippen molar-refractivity contribution in [2.75, 3.05) is 19.0 Å². The number of hydrogen-bond donors (Lipinski definition) is 0. The molecule has 0 aromatic heterocycles. The van der Waals surface area contributed by atoms with E-state index in [2.05, 4.69) is 29.2 Å². The molecule has 0 aliphatic heterocycles. The summed E-state index contributed by atoms with van der Waals surface area (Å²) in [5, 5.41) is 0. The molecule has 0 unspecified atom stereocenters. The molecule has 19 heavy (non-hydrogen) atoms. The van der Waals surface area contributed by atoms with Gasteiger partial charge in [0.25, 0.3) is 0 Å². The Kier molecular flexibility index (Phi) is 4.14. The number of carbonyl (C=O) groups excluding carboxylic acids is 1. The Morgan fingerprint density at radius 2 is 1.47 bits per heavy atom. The first-order valence-corrected chi connectivity index (χ1v) is 6.20. The molecule has 0 N–H and O–H groups in total. The quantitative estimate of drug-likeness (QED) is 0.609. The molecule has 0 aliphatic carbocycles. The van der Waals surface area contributed by atoms with Gasteiger partial charge in [0, 0.05) is 25.3 Å². The Balaban J connectivity index is 2.20. The topological polar surface area (TPSA) is 20.3 Å². The fourth-order valence-electron chi connectivity index (χ4n) is 1.84. The molecule has 2 aromatic carbocycles. The zero-order chi connectivity index (χ0) is 13.7. The van der Waals surface area contributed by atoms with Crippen LogP contribution in [0.3, 0.4) is 0 Å². The smallest absolute Gasteiger partial charge is 0.150 e. The fourth-order valence-corrected chi connectivity index (χ4v) is 1.84. The highest BCUT2D eigenvalue weighted by Crippen LogP contribution is 2.15. The summed E-state index contributed by atoms with van der Waals surface area (Å²) in [4.78, 5) is 13.0. The molecule has 0 heterocycles. The first kappa shape index (κ1) is 13.1. The number of benzene rings is 2. The van der Waals surface area contributed by atoms with E-state index in [0.29, 0.717) is 5.56 Å². The summed E-state index contributed by atoms with van der Waals surface area (Å²) in [6.07, 6.45) is 4.87. The Hall–Kier alpha value is -2.35. The molecule has 2 aromatic rings. The molecule has 2 rings (SSSR count). The van der Waals surface area contributed by atoms with Crippen LogP contribution in [0.2, 0.25) is 0 Å². The van der Waals surface area contributed by atoms with Gasteiger partial charge in [-0.3, -0.25) is 4.79 Å². The van der Waals surface area contributed by atoms with Gasteiger partial charge >= 0.3 is 0 Å². The molecule has 0 saturated heterocycles. The highest BCUT2D eigenvalue weighted by molar-refractivity contribution is 5.84. The van der Waals surface area contributed by atoms with E-state index in [4.69, 9.17) is 0 Å². The van der Waals surface area contributed by atoms with Gasteiger partial charge in [0.15, 0.2) is 6.29 Å². The molecule has 0 atom stereocenters. The van der Waals surface area contributed by atoms with Crippen LogP contribution in [0.15, 0.2) is 48.5 Å². The summed E-state index contributed by atoms with van der Waals surface area (Å²) >= 11 is 0. The van der Waals surface area contributed by atoms with E-state index < -0.39 is 0 Å². The zero-order valence-corrected chi connectivity index (χ0v) is 11.2. The number of hydrogen-bond acceptors (Lipinski definition) is 2. The average Bonchev–Trinajstić information content (AvgIpc) is 2.45. The highest BCUT2D eigenvalue weighted by Gasteiger charge is 1.96. The molecule has 0 amide bonds. The molecule has 0 radical (unpaired) electrons. The van der Waals surface area contributed by atoms with Gasteiger partial charge < -0.3 is 4.90 Å². The normalized spacial score (nSPS) is 10.6. The van der Waals surface area contributed by atoms with Gasteiger partial charge in [-0.1, -0.05) is 48.6 Å². The van der Waals surface area contributed by atoms with Crippen molar-refractivity contribution in [2.24, 2.45) is 0 Å². The van der Waals surface area contributed by atoms with Gasteiger partial charge in [-0.15, -0.1) is 0 Å². The van der Waals surface area contributed by atoms with Crippen LogP contribution in [0.4, 0.5) is 5.69 Å². The summed E-state index contributed by atoms with van der Waals surface area (Å²) in [5.74, 6) is 0. The van der Waals surface area contributed by atoms with Crippen molar-refractivity contribution in [1.29, 1.82) is 0 Å². The fraction of sp³-hybridized carbons (Fsp3) is 0.118. The number of rotatable bonds is 4. The van der Waals surface area contributed by atoms with Gasteiger partial charge in [-0.2, -0.15) is 0 Å². The summed E-state index contributed by atoms with van der Waals surface area (Å²) in [6.45, 7) is 0. The third kappa shape index (κ3) is 3.32. The van der Waals surface area contributed by atoms with Crippen LogP contribution in [-0.2, 0) is 0 Å². The summed E-state index contributed by atoms with van der Waals surface area (Å²) in [7, 11) is 4.04. The van der Waals surface area contributed by atoms with Crippen LogP contribution in [0.5, 0.6) is 0 Å². The first-order chi connectivity index (χ1) is 9.20. The minimum absolute atomic E-state index is 0.712. The third-order valence-electron chi connectivity index (χ3n) is 2.99. The Morgan fingerprint density at radius 3 is 2.05 bits per heavy atom. The molecule has 96 valence electrons. The van der Waals surface area contributed by atoms with Crippen LogP contribution in [-0.4, -0.2) is 20.4 Å². The summed E-state index contributed by atoms with van der Waals surface area (Å²) < 4.78 is 0. The van der Waals surface area contributed by atoms with Crippen molar-refractivity contribution in [3.63, 3.8) is 0 Å². The van der Waals surface area contributed by atoms with Crippen molar-refractivity contribution in [1.82, 2.24) is 0 Å².